The summed E-state index contributed by atoms with van der Waals surface area (Å²) in [6, 6.07) is 8.56. The van der Waals surface area contributed by atoms with Crippen molar-refractivity contribution in [2.75, 3.05) is 0 Å². The molecule has 1 saturated carbocycles. The predicted molar refractivity (Wildman–Crippen MR) is 111 cm³/mol. The molecule has 0 saturated heterocycles. The number of aromatic nitrogens is 3. The molecule has 1 aromatic carbocycles. The summed E-state index contributed by atoms with van der Waals surface area (Å²) >= 11 is 0. The number of hydrogen-bond acceptors (Lipinski definition) is 5. The van der Waals surface area contributed by atoms with Gasteiger partial charge in [-0.1, -0.05) is 12.1 Å². The number of pyridine rings is 1. The highest BCUT2D eigenvalue weighted by atomic mass is 19.1. The molecule has 1 aliphatic heterocycles. The molecule has 0 radical (unpaired) electrons. The second kappa shape index (κ2) is 7.77. The monoisotopic (exact) mass is 422 g/mol. The van der Waals surface area contributed by atoms with Crippen LogP contribution in [-0.4, -0.2) is 42.9 Å². The molecule has 2 aliphatic rings. The topological polar surface area (TPSA) is 80.5 Å². The van der Waals surface area contributed by atoms with Crippen LogP contribution in [0.1, 0.15) is 40.7 Å². The molecule has 3 heterocycles. The van der Waals surface area contributed by atoms with Crippen molar-refractivity contribution in [2.45, 2.75) is 44.6 Å². The Balaban J connectivity index is 1.35. The molecule has 1 fully saturated rings. The van der Waals surface area contributed by atoms with Crippen LogP contribution < -0.4 is 4.74 Å². The van der Waals surface area contributed by atoms with Crippen molar-refractivity contribution < 1.29 is 19.0 Å². The van der Waals surface area contributed by atoms with E-state index in [0.29, 0.717) is 35.3 Å². The van der Waals surface area contributed by atoms with Gasteiger partial charge in [-0.15, -0.1) is 0 Å². The first-order valence-electron chi connectivity index (χ1n) is 10.4. The maximum absolute atomic E-state index is 14.8. The van der Waals surface area contributed by atoms with Gasteiger partial charge in [0.1, 0.15) is 17.5 Å². The summed E-state index contributed by atoms with van der Waals surface area (Å²) in [7, 11) is 1.81. The van der Waals surface area contributed by atoms with Crippen LogP contribution in [-0.2, 0) is 20.1 Å². The maximum Gasteiger partial charge on any atom is 0.260 e. The Morgan fingerprint density at radius 1 is 1.26 bits per heavy atom. The van der Waals surface area contributed by atoms with E-state index in [1.807, 2.05) is 19.2 Å². The van der Waals surface area contributed by atoms with E-state index in [-0.39, 0.29) is 30.3 Å². The number of ether oxygens (including phenoxy) is 1. The van der Waals surface area contributed by atoms with E-state index in [2.05, 4.69) is 10.1 Å². The molecule has 1 amide bonds. The van der Waals surface area contributed by atoms with Gasteiger partial charge in [-0.05, 0) is 43.0 Å². The Morgan fingerprint density at radius 3 is 2.84 bits per heavy atom. The van der Waals surface area contributed by atoms with Crippen LogP contribution in [0.2, 0.25) is 0 Å². The highest BCUT2D eigenvalue weighted by molar-refractivity contribution is 6.00. The van der Waals surface area contributed by atoms with Gasteiger partial charge < -0.3 is 14.7 Å². The molecule has 5 rings (SSSR count). The molecule has 7 nitrogen and oxygen atoms in total. The van der Waals surface area contributed by atoms with E-state index in [1.54, 1.807) is 34.1 Å². The minimum atomic E-state index is -0.544. The average Bonchev–Trinajstić information content (AvgIpc) is 3.44. The second-order valence-corrected chi connectivity index (χ2v) is 8.15. The Kier molecular flexibility index (Phi) is 4.94. The average molecular weight is 422 g/mol. The number of hydrogen-bond donors (Lipinski definition) is 1. The molecule has 3 aromatic rings. The van der Waals surface area contributed by atoms with Gasteiger partial charge in [0.05, 0.1) is 11.8 Å². The smallest absolute Gasteiger partial charge is 0.260 e. The molecular weight excluding hydrogens is 399 g/mol. The third kappa shape index (κ3) is 3.67. The van der Waals surface area contributed by atoms with Crippen LogP contribution in [0.4, 0.5) is 4.39 Å². The third-order valence-corrected chi connectivity index (χ3v) is 5.97. The number of fused-ring (bicyclic) bond motifs is 1. The van der Waals surface area contributed by atoms with Crippen LogP contribution in [0.25, 0.3) is 11.3 Å². The number of aryl methyl sites for hydroxylation is 1. The first kappa shape index (κ1) is 19.7. The van der Waals surface area contributed by atoms with Gasteiger partial charge in [0, 0.05) is 43.7 Å². The quantitative estimate of drug-likeness (QED) is 0.684. The Morgan fingerprint density at radius 2 is 2.13 bits per heavy atom. The molecule has 8 heteroatoms. The first-order chi connectivity index (χ1) is 15.0. The van der Waals surface area contributed by atoms with Crippen LogP contribution in [0, 0.1) is 5.82 Å². The Hall–Kier alpha value is -3.26. The lowest BCUT2D eigenvalue weighted by molar-refractivity contribution is 0.0553. The summed E-state index contributed by atoms with van der Waals surface area (Å²) in [5.74, 6) is -0.365. The molecule has 1 aliphatic carbocycles. The number of carbonyl (C=O) groups excluding carboxylic acids is 1. The lowest BCUT2D eigenvalue weighted by Crippen LogP contribution is -2.28. The molecule has 0 bridgehead atoms. The lowest BCUT2D eigenvalue weighted by Gasteiger charge is -2.18. The van der Waals surface area contributed by atoms with Gasteiger partial charge in [0.15, 0.2) is 0 Å². The van der Waals surface area contributed by atoms with Crippen molar-refractivity contribution in [1.29, 1.82) is 0 Å². The van der Waals surface area contributed by atoms with E-state index in [9.17, 15) is 14.3 Å². The number of aliphatic hydroxyl groups is 1. The van der Waals surface area contributed by atoms with Gasteiger partial charge in [-0.25, -0.2) is 9.37 Å². The van der Waals surface area contributed by atoms with Crippen molar-refractivity contribution >= 4 is 5.91 Å². The van der Waals surface area contributed by atoms with E-state index in [4.69, 9.17) is 4.74 Å². The number of rotatable bonds is 5. The summed E-state index contributed by atoms with van der Waals surface area (Å²) in [5.41, 5.74) is 3.02. The maximum atomic E-state index is 14.8. The van der Waals surface area contributed by atoms with Crippen molar-refractivity contribution in [3.63, 3.8) is 0 Å². The molecule has 160 valence electrons. The molecule has 0 spiro atoms. The van der Waals surface area contributed by atoms with Gasteiger partial charge in [0.25, 0.3) is 5.91 Å². The van der Waals surface area contributed by atoms with E-state index < -0.39 is 6.10 Å². The zero-order chi connectivity index (χ0) is 21.5. The van der Waals surface area contributed by atoms with Crippen LogP contribution in [0.5, 0.6) is 5.88 Å². The van der Waals surface area contributed by atoms with E-state index >= 15 is 0 Å². The number of halogens is 1. The van der Waals surface area contributed by atoms with Gasteiger partial charge in [-0.3, -0.25) is 9.48 Å². The second-order valence-electron chi connectivity index (χ2n) is 8.15. The Bertz CT molecular complexity index is 1150. The summed E-state index contributed by atoms with van der Waals surface area (Å²) in [6.45, 7) is 0.509. The normalized spacial score (nSPS) is 20.4. The van der Waals surface area contributed by atoms with Crippen molar-refractivity contribution in [3.8, 4) is 17.1 Å². The zero-order valence-electron chi connectivity index (χ0n) is 17.2. The fourth-order valence-electron chi connectivity index (χ4n) is 4.29. The van der Waals surface area contributed by atoms with Crippen molar-refractivity contribution in [2.24, 2.45) is 7.05 Å². The Labute approximate surface area is 179 Å². The van der Waals surface area contributed by atoms with Crippen molar-refractivity contribution in [1.82, 2.24) is 19.7 Å². The number of amides is 1. The van der Waals surface area contributed by atoms with Gasteiger partial charge >= 0.3 is 0 Å². The highest BCUT2D eigenvalue weighted by Crippen LogP contribution is 2.33. The standard InChI is InChI=1S/C23H23FN4O3/c1-27-10-8-18(26-27)14-5-6-15(17(24)11-14)12-28-13-16-7-9-25-22(21(16)23(28)30)31-20-4-2-3-19(20)29/h5-11,19-20,29H,2-4,12-13H2,1H3. The molecular formula is C23H23FN4O3. The third-order valence-electron chi connectivity index (χ3n) is 5.97. The van der Waals surface area contributed by atoms with Crippen LogP contribution in [0.3, 0.4) is 0 Å². The fraction of sp³-hybridized carbons (Fsp3) is 0.348. The molecule has 2 aromatic heterocycles. The zero-order valence-corrected chi connectivity index (χ0v) is 17.2. The summed E-state index contributed by atoms with van der Waals surface area (Å²) < 4.78 is 22.4. The highest BCUT2D eigenvalue weighted by Gasteiger charge is 2.35. The lowest BCUT2D eigenvalue weighted by atomic mass is 10.1. The molecule has 2 atom stereocenters. The molecule has 1 N–H and O–H groups in total. The van der Waals surface area contributed by atoms with Gasteiger partial charge in [-0.2, -0.15) is 5.10 Å². The molecule has 31 heavy (non-hydrogen) atoms. The molecule has 2 unspecified atom stereocenters. The predicted octanol–water partition coefficient (Wildman–Crippen LogP) is 3.07. The summed E-state index contributed by atoms with van der Waals surface area (Å²) in [5, 5.41) is 14.4. The first-order valence-corrected chi connectivity index (χ1v) is 10.4. The van der Waals surface area contributed by atoms with E-state index in [0.717, 1.165) is 18.4 Å². The largest absolute Gasteiger partial charge is 0.471 e. The van der Waals surface area contributed by atoms with Crippen LogP contribution >= 0.6 is 0 Å². The fourth-order valence-corrected chi connectivity index (χ4v) is 4.29. The number of aliphatic hydroxyl groups excluding tert-OH is 1. The number of benzene rings is 1. The SMILES string of the molecule is Cn1ccc(-c2ccc(CN3Cc4ccnc(OC5CCCC5O)c4C3=O)c(F)c2)n1. The van der Waals surface area contributed by atoms with E-state index in [1.165, 1.54) is 6.07 Å². The number of nitrogens with zero attached hydrogens (tertiary/aromatic N) is 4. The minimum absolute atomic E-state index is 0.146. The summed E-state index contributed by atoms with van der Waals surface area (Å²) in [4.78, 5) is 18.9. The van der Waals surface area contributed by atoms with Gasteiger partial charge in [0.2, 0.25) is 5.88 Å². The van der Waals surface area contributed by atoms with Crippen LogP contribution in [0.15, 0.2) is 42.7 Å². The van der Waals surface area contributed by atoms with Crippen molar-refractivity contribution in [3.05, 3.63) is 65.2 Å². The summed E-state index contributed by atoms with van der Waals surface area (Å²) in [6.07, 6.45) is 4.82. The number of carbonyl (C=O) groups is 1. The minimum Gasteiger partial charge on any atom is -0.471 e.